The normalized spacial score (nSPS) is 11.0. The van der Waals surface area contributed by atoms with Crippen molar-refractivity contribution in [3.8, 4) is 21.3 Å². The van der Waals surface area contributed by atoms with E-state index in [1.54, 1.807) is 36.0 Å². The summed E-state index contributed by atoms with van der Waals surface area (Å²) in [6.07, 6.45) is 2.42. The molecule has 0 aliphatic heterocycles. The smallest absolute Gasteiger partial charge is 0.269 e. The summed E-state index contributed by atoms with van der Waals surface area (Å²) in [5.74, 6) is 1.17. The molecule has 3 heterocycles. The molecule has 0 amide bonds. The van der Waals surface area contributed by atoms with Crippen molar-refractivity contribution in [3.63, 3.8) is 0 Å². The summed E-state index contributed by atoms with van der Waals surface area (Å²) in [4.78, 5) is 9.59. The van der Waals surface area contributed by atoms with Gasteiger partial charge in [-0.25, -0.2) is 4.98 Å². The highest BCUT2D eigenvalue weighted by Gasteiger charge is 2.13. The van der Waals surface area contributed by atoms with Gasteiger partial charge >= 0.3 is 0 Å². The number of ether oxygens (including phenoxy) is 1. The lowest BCUT2D eigenvalue weighted by Crippen LogP contribution is -1.95. The van der Waals surface area contributed by atoms with Crippen LogP contribution in [0.2, 0.25) is 0 Å². The van der Waals surface area contributed by atoms with E-state index < -0.39 is 0 Å². The third kappa shape index (κ3) is 2.73. The summed E-state index contributed by atoms with van der Waals surface area (Å²) in [6, 6.07) is 2.05. The molecule has 0 radical (unpaired) electrons. The number of nitrogens with zero attached hydrogens (tertiary/aromatic N) is 3. The molecule has 0 saturated carbocycles. The van der Waals surface area contributed by atoms with Gasteiger partial charge in [0.15, 0.2) is 5.82 Å². The molecule has 7 heteroatoms. The molecule has 0 N–H and O–H groups in total. The maximum Gasteiger partial charge on any atom is 0.269 e. The van der Waals surface area contributed by atoms with Crippen LogP contribution < -0.4 is 0 Å². The topological polar surface area (TPSA) is 61.0 Å². The minimum absolute atomic E-state index is 0.519. The predicted octanol–water partition coefficient (Wildman–Crippen LogP) is 3.11. The third-order valence-corrected chi connectivity index (χ3v) is 4.20. The van der Waals surface area contributed by atoms with Crippen LogP contribution in [0.1, 0.15) is 5.82 Å². The molecule has 0 unspecified atom stereocenters. The Hall–Kier alpha value is -1.57. The van der Waals surface area contributed by atoms with Gasteiger partial charge in [-0.2, -0.15) is 16.3 Å². The van der Waals surface area contributed by atoms with Crippen molar-refractivity contribution in [2.45, 2.75) is 6.42 Å². The standard InChI is InChI=1S/C12H11N3O2S2/c1-16-4-2-10-14-11(17-15-10)9-6-13-12(19-9)8-3-5-18-7-8/h3,5-7H,2,4H2,1H3. The lowest BCUT2D eigenvalue weighted by molar-refractivity contribution is 0.199. The zero-order valence-electron chi connectivity index (χ0n) is 10.2. The Morgan fingerprint density at radius 3 is 3.16 bits per heavy atom. The summed E-state index contributed by atoms with van der Waals surface area (Å²) in [5.41, 5.74) is 1.13. The molecule has 0 spiro atoms. The van der Waals surface area contributed by atoms with Crippen LogP contribution in [0.25, 0.3) is 21.3 Å². The highest BCUT2D eigenvalue weighted by molar-refractivity contribution is 7.18. The van der Waals surface area contributed by atoms with Gasteiger partial charge in [-0.1, -0.05) is 5.16 Å². The molecule has 0 aromatic carbocycles. The minimum Gasteiger partial charge on any atom is -0.384 e. The molecular weight excluding hydrogens is 282 g/mol. The highest BCUT2D eigenvalue weighted by atomic mass is 32.1. The van der Waals surface area contributed by atoms with Crippen LogP contribution in [-0.4, -0.2) is 28.8 Å². The lowest BCUT2D eigenvalue weighted by Gasteiger charge is -1.90. The van der Waals surface area contributed by atoms with Crippen LogP contribution >= 0.6 is 22.7 Å². The van der Waals surface area contributed by atoms with Gasteiger partial charge in [0.1, 0.15) is 9.88 Å². The molecule has 0 fully saturated rings. The number of thiophene rings is 1. The average molecular weight is 293 g/mol. The molecule has 0 aliphatic carbocycles. The molecule has 0 saturated heterocycles. The molecule has 3 aromatic rings. The van der Waals surface area contributed by atoms with Gasteiger partial charge in [-0.3, -0.25) is 0 Å². The summed E-state index contributed by atoms with van der Waals surface area (Å²) < 4.78 is 10.2. The highest BCUT2D eigenvalue weighted by Crippen LogP contribution is 2.32. The third-order valence-electron chi connectivity index (χ3n) is 2.48. The second kappa shape index (κ2) is 5.60. The molecule has 0 atom stereocenters. The Balaban J connectivity index is 1.81. The van der Waals surface area contributed by atoms with E-state index in [-0.39, 0.29) is 0 Å². The van der Waals surface area contributed by atoms with E-state index in [1.165, 1.54) is 0 Å². The maximum absolute atomic E-state index is 5.23. The largest absolute Gasteiger partial charge is 0.384 e. The van der Waals surface area contributed by atoms with Crippen molar-refractivity contribution >= 4 is 22.7 Å². The Morgan fingerprint density at radius 1 is 1.42 bits per heavy atom. The van der Waals surface area contributed by atoms with E-state index in [9.17, 15) is 0 Å². The van der Waals surface area contributed by atoms with E-state index in [2.05, 4.69) is 20.5 Å². The monoisotopic (exact) mass is 293 g/mol. The van der Waals surface area contributed by atoms with Crippen LogP contribution in [-0.2, 0) is 11.2 Å². The molecule has 5 nitrogen and oxygen atoms in total. The van der Waals surface area contributed by atoms with Crippen LogP contribution in [0.3, 0.4) is 0 Å². The molecule has 3 aromatic heterocycles. The predicted molar refractivity (Wildman–Crippen MR) is 74.3 cm³/mol. The zero-order chi connectivity index (χ0) is 13.1. The van der Waals surface area contributed by atoms with Gasteiger partial charge in [0.2, 0.25) is 0 Å². The Morgan fingerprint density at radius 2 is 2.37 bits per heavy atom. The molecule has 98 valence electrons. The van der Waals surface area contributed by atoms with Crippen molar-refractivity contribution in [1.29, 1.82) is 0 Å². The van der Waals surface area contributed by atoms with Crippen LogP contribution in [0, 0.1) is 0 Å². The zero-order valence-corrected chi connectivity index (χ0v) is 11.8. The number of methoxy groups -OCH3 is 1. The van der Waals surface area contributed by atoms with Gasteiger partial charge in [0.05, 0.1) is 12.8 Å². The van der Waals surface area contributed by atoms with E-state index in [1.807, 2.05) is 11.4 Å². The summed E-state index contributed by atoms with van der Waals surface area (Å²) in [7, 11) is 1.65. The molecule has 3 rings (SSSR count). The van der Waals surface area contributed by atoms with Crippen molar-refractivity contribution in [2.75, 3.05) is 13.7 Å². The Bertz CT molecular complexity index is 646. The number of hydrogen-bond acceptors (Lipinski definition) is 7. The first-order chi connectivity index (χ1) is 9.36. The van der Waals surface area contributed by atoms with Crippen molar-refractivity contribution in [3.05, 3.63) is 28.8 Å². The summed E-state index contributed by atoms with van der Waals surface area (Å²) in [6.45, 7) is 0.585. The van der Waals surface area contributed by atoms with Gasteiger partial charge < -0.3 is 9.26 Å². The van der Waals surface area contributed by atoms with Gasteiger partial charge in [-0.15, -0.1) is 11.3 Å². The summed E-state index contributed by atoms with van der Waals surface area (Å²) in [5, 5.41) is 8.99. The van der Waals surface area contributed by atoms with E-state index in [4.69, 9.17) is 9.26 Å². The van der Waals surface area contributed by atoms with Crippen molar-refractivity contribution < 1.29 is 9.26 Å². The van der Waals surface area contributed by atoms with Crippen LogP contribution in [0.15, 0.2) is 27.5 Å². The fraction of sp³-hybridized carbons (Fsp3) is 0.250. The first kappa shape index (κ1) is 12.5. The number of thiazole rings is 1. The Kier molecular flexibility index (Phi) is 3.67. The fourth-order valence-corrected chi connectivity index (χ4v) is 3.09. The first-order valence-corrected chi connectivity index (χ1v) is 7.43. The average Bonchev–Trinajstić information content (AvgIpc) is 3.14. The van der Waals surface area contributed by atoms with Crippen molar-refractivity contribution in [2.24, 2.45) is 0 Å². The number of rotatable bonds is 5. The minimum atomic E-state index is 0.519. The maximum atomic E-state index is 5.23. The van der Waals surface area contributed by atoms with Crippen LogP contribution in [0.4, 0.5) is 0 Å². The van der Waals surface area contributed by atoms with Crippen LogP contribution in [0.5, 0.6) is 0 Å². The van der Waals surface area contributed by atoms with Gasteiger partial charge in [-0.05, 0) is 11.4 Å². The van der Waals surface area contributed by atoms with Gasteiger partial charge in [0.25, 0.3) is 5.89 Å². The lowest BCUT2D eigenvalue weighted by atomic mass is 10.4. The van der Waals surface area contributed by atoms with E-state index in [0.29, 0.717) is 24.7 Å². The second-order valence-electron chi connectivity index (χ2n) is 3.80. The fourth-order valence-electron chi connectivity index (χ4n) is 1.54. The van der Waals surface area contributed by atoms with Gasteiger partial charge in [0, 0.05) is 24.5 Å². The molecule has 19 heavy (non-hydrogen) atoms. The SMILES string of the molecule is COCCc1noc(-c2cnc(-c3ccsc3)s2)n1. The summed E-state index contributed by atoms with van der Waals surface area (Å²) >= 11 is 3.20. The second-order valence-corrected chi connectivity index (χ2v) is 5.61. The molecule has 0 aliphatic rings. The Labute approximate surface area is 117 Å². The van der Waals surface area contributed by atoms with Crippen molar-refractivity contribution in [1.82, 2.24) is 15.1 Å². The molecular formula is C12H11N3O2S2. The first-order valence-electron chi connectivity index (χ1n) is 5.67. The number of aromatic nitrogens is 3. The van der Waals surface area contributed by atoms with E-state index >= 15 is 0 Å². The quantitative estimate of drug-likeness (QED) is 0.723. The number of hydrogen-bond donors (Lipinski definition) is 0. The molecule has 0 bridgehead atoms. The van der Waals surface area contributed by atoms with E-state index in [0.717, 1.165) is 15.4 Å².